The fraction of sp³-hybridized carbons (Fsp3) is 0. The predicted octanol–water partition coefficient (Wildman–Crippen LogP) is 4.76. The minimum Gasteiger partial charge on any atom is -0.472 e. The monoisotopic (exact) mass is 366 g/mol. The Morgan fingerprint density at radius 2 is 1.93 bits per heavy atom. The minimum atomic E-state index is 0.816. The van der Waals surface area contributed by atoms with Crippen molar-refractivity contribution in [3.05, 3.63) is 67.5 Å². The van der Waals surface area contributed by atoms with Crippen LogP contribution in [0.3, 0.4) is 0 Å². The Labute approximate surface area is 158 Å². The van der Waals surface area contributed by atoms with E-state index >= 15 is 0 Å². The molecule has 0 radical (unpaired) electrons. The zero-order valence-electron chi connectivity index (χ0n) is 14.6. The maximum absolute atomic E-state index is 5.25. The van der Waals surface area contributed by atoms with Crippen LogP contribution in [0.15, 0.2) is 71.9 Å². The zero-order valence-corrected chi connectivity index (χ0v) is 14.6. The average Bonchev–Trinajstić information content (AvgIpc) is 3.53. The summed E-state index contributed by atoms with van der Waals surface area (Å²) in [6, 6.07) is 12.2. The number of nitrogens with one attached hydrogen (secondary N) is 3. The second-order valence-corrected chi connectivity index (χ2v) is 6.64. The Morgan fingerprint density at radius 1 is 0.929 bits per heavy atom. The van der Waals surface area contributed by atoms with Crippen LogP contribution >= 0.6 is 0 Å². The number of furan rings is 1. The van der Waals surface area contributed by atoms with E-state index in [4.69, 9.17) is 4.42 Å². The van der Waals surface area contributed by atoms with Crippen molar-refractivity contribution in [3.63, 3.8) is 0 Å². The lowest BCUT2D eigenvalue weighted by atomic mass is 10.0. The first-order chi connectivity index (χ1) is 13.9. The Balaban J connectivity index is 1.55. The fourth-order valence-corrected chi connectivity index (χ4v) is 3.63. The second-order valence-electron chi connectivity index (χ2n) is 6.64. The number of fused-ring (bicyclic) bond motifs is 2. The van der Waals surface area contributed by atoms with Gasteiger partial charge in [-0.15, -0.1) is 0 Å². The molecule has 0 atom stereocenters. The van der Waals surface area contributed by atoms with Crippen molar-refractivity contribution in [3.8, 4) is 33.6 Å². The molecule has 5 heterocycles. The molecule has 7 heteroatoms. The van der Waals surface area contributed by atoms with E-state index in [9.17, 15) is 0 Å². The molecule has 0 unspecified atom stereocenters. The molecule has 0 saturated carbocycles. The molecule has 1 aromatic carbocycles. The van der Waals surface area contributed by atoms with Gasteiger partial charge in [0.2, 0.25) is 0 Å². The van der Waals surface area contributed by atoms with Gasteiger partial charge in [-0.1, -0.05) is 6.07 Å². The third-order valence-electron chi connectivity index (χ3n) is 5.01. The van der Waals surface area contributed by atoms with Gasteiger partial charge in [-0.2, -0.15) is 10.2 Å². The molecule has 7 nitrogen and oxygen atoms in total. The lowest BCUT2D eigenvalue weighted by molar-refractivity contribution is 0.568. The van der Waals surface area contributed by atoms with Crippen LogP contribution in [-0.2, 0) is 0 Å². The molecular weight excluding hydrogens is 352 g/mol. The van der Waals surface area contributed by atoms with Crippen LogP contribution in [0.2, 0.25) is 0 Å². The fourth-order valence-electron chi connectivity index (χ4n) is 3.63. The number of hydrogen-bond acceptors (Lipinski definition) is 4. The van der Waals surface area contributed by atoms with Crippen molar-refractivity contribution < 1.29 is 4.42 Å². The van der Waals surface area contributed by atoms with Crippen molar-refractivity contribution in [2.45, 2.75) is 0 Å². The molecule has 6 aromatic rings. The van der Waals surface area contributed by atoms with Crippen molar-refractivity contribution >= 4 is 21.9 Å². The van der Waals surface area contributed by atoms with Crippen LogP contribution in [0.4, 0.5) is 0 Å². The first-order valence-corrected chi connectivity index (χ1v) is 8.85. The third kappa shape index (κ3) is 2.20. The van der Waals surface area contributed by atoms with E-state index in [1.165, 1.54) is 0 Å². The molecule has 0 bridgehead atoms. The normalized spacial score (nSPS) is 11.6. The van der Waals surface area contributed by atoms with E-state index in [0.29, 0.717) is 0 Å². The topological polar surface area (TPSA) is 99.2 Å². The summed E-state index contributed by atoms with van der Waals surface area (Å²) < 4.78 is 5.25. The van der Waals surface area contributed by atoms with Crippen LogP contribution in [0.1, 0.15) is 0 Å². The molecule has 6 rings (SSSR count). The van der Waals surface area contributed by atoms with Gasteiger partial charge in [0, 0.05) is 34.3 Å². The van der Waals surface area contributed by atoms with E-state index < -0.39 is 0 Å². The van der Waals surface area contributed by atoms with Crippen molar-refractivity contribution in [2.75, 3.05) is 0 Å². The summed E-state index contributed by atoms with van der Waals surface area (Å²) in [5.74, 6) is 0. The van der Waals surface area contributed by atoms with E-state index in [2.05, 4.69) is 48.6 Å². The molecule has 0 aliphatic carbocycles. The highest BCUT2D eigenvalue weighted by Crippen LogP contribution is 2.34. The van der Waals surface area contributed by atoms with Crippen molar-refractivity contribution in [1.82, 2.24) is 30.4 Å². The number of nitrogens with zero attached hydrogens (tertiary/aromatic N) is 3. The largest absolute Gasteiger partial charge is 0.472 e. The summed E-state index contributed by atoms with van der Waals surface area (Å²) in [4.78, 5) is 7.89. The highest BCUT2D eigenvalue weighted by atomic mass is 16.3. The summed E-state index contributed by atoms with van der Waals surface area (Å²) in [5, 5.41) is 16.6. The van der Waals surface area contributed by atoms with E-state index in [1.54, 1.807) is 18.7 Å². The van der Waals surface area contributed by atoms with E-state index in [-0.39, 0.29) is 0 Å². The molecule has 5 aromatic heterocycles. The molecule has 0 aliphatic heterocycles. The third-order valence-corrected chi connectivity index (χ3v) is 5.01. The van der Waals surface area contributed by atoms with E-state index in [1.807, 2.05) is 30.6 Å². The number of aromatic nitrogens is 6. The Hall–Kier alpha value is -4.13. The van der Waals surface area contributed by atoms with Crippen molar-refractivity contribution in [1.29, 1.82) is 0 Å². The number of hydrogen-bond donors (Lipinski definition) is 3. The van der Waals surface area contributed by atoms with Crippen LogP contribution in [0, 0.1) is 0 Å². The predicted molar refractivity (Wildman–Crippen MR) is 106 cm³/mol. The van der Waals surface area contributed by atoms with Gasteiger partial charge in [-0.05, 0) is 41.5 Å². The summed E-state index contributed by atoms with van der Waals surface area (Å²) in [6.07, 6.45) is 8.90. The van der Waals surface area contributed by atoms with Gasteiger partial charge >= 0.3 is 0 Å². The summed E-state index contributed by atoms with van der Waals surface area (Å²) in [5.41, 5.74) is 7.77. The Kier molecular flexibility index (Phi) is 3.04. The van der Waals surface area contributed by atoms with Crippen LogP contribution in [-0.4, -0.2) is 30.4 Å². The maximum Gasteiger partial charge on any atom is 0.138 e. The molecule has 0 amide bonds. The Morgan fingerprint density at radius 3 is 2.79 bits per heavy atom. The summed E-state index contributed by atoms with van der Waals surface area (Å²) >= 11 is 0. The smallest absolute Gasteiger partial charge is 0.138 e. The quantitative estimate of drug-likeness (QED) is 0.420. The standard InChI is InChI=1S/C21H14N6O/c1-2-18-17(7-12(1)14-9-23-24-10-14)20(27-26-18)19-8-16-15(13-4-6-28-11-13)3-5-22-21(16)25-19/h1-11H,(H,22,25)(H,23,24)(H,26,27). The molecule has 3 N–H and O–H groups in total. The van der Waals surface area contributed by atoms with Gasteiger partial charge in [0.15, 0.2) is 0 Å². The van der Waals surface area contributed by atoms with Gasteiger partial charge < -0.3 is 9.40 Å². The van der Waals surface area contributed by atoms with Gasteiger partial charge in [0.25, 0.3) is 0 Å². The molecular formula is C21H14N6O. The molecule has 0 fully saturated rings. The number of aromatic amines is 3. The molecule has 28 heavy (non-hydrogen) atoms. The van der Waals surface area contributed by atoms with Gasteiger partial charge in [0.05, 0.1) is 29.9 Å². The van der Waals surface area contributed by atoms with E-state index in [0.717, 1.165) is 55.6 Å². The van der Waals surface area contributed by atoms with Crippen LogP contribution in [0.25, 0.3) is 55.6 Å². The van der Waals surface area contributed by atoms with Crippen molar-refractivity contribution in [2.24, 2.45) is 0 Å². The lowest BCUT2D eigenvalue weighted by Gasteiger charge is -1.99. The number of pyridine rings is 1. The molecule has 134 valence electrons. The summed E-state index contributed by atoms with van der Waals surface area (Å²) in [7, 11) is 0. The lowest BCUT2D eigenvalue weighted by Crippen LogP contribution is -1.80. The molecule has 0 aliphatic rings. The van der Waals surface area contributed by atoms with Gasteiger partial charge in [0.1, 0.15) is 11.3 Å². The first-order valence-electron chi connectivity index (χ1n) is 8.85. The Bertz CT molecular complexity index is 1410. The van der Waals surface area contributed by atoms with Gasteiger partial charge in [-0.3, -0.25) is 10.2 Å². The number of benzene rings is 1. The maximum atomic E-state index is 5.25. The van der Waals surface area contributed by atoms with Crippen LogP contribution in [0.5, 0.6) is 0 Å². The average molecular weight is 366 g/mol. The minimum absolute atomic E-state index is 0.816. The number of rotatable bonds is 3. The molecule has 0 saturated heterocycles. The number of H-pyrrole nitrogens is 3. The zero-order chi connectivity index (χ0) is 18.5. The highest BCUT2D eigenvalue weighted by molar-refractivity contribution is 6.00. The highest BCUT2D eigenvalue weighted by Gasteiger charge is 2.15. The van der Waals surface area contributed by atoms with Gasteiger partial charge in [-0.25, -0.2) is 4.98 Å². The second kappa shape index (κ2) is 5.68. The summed E-state index contributed by atoms with van der Waals surface area (Å²) in [6.45, 7) is 0. The molecule has 0 spiro atoms. The SMILES string of the molecule is c1cc(-c2ccoc2)c2cc(-c3n[nH]c4ccc(-c5cn[nH]c5)cc34)[nH]c2n1. The first kappa shape index (κ1) is 15.0. The van der Waals surface area contributed by atoms with Crippen LogP contribution < -0.4 is 0 Å².